The van der Waals surface area contributed by atoms with Gasteiger partial charge in [0, 0.05) is 19.0 Å². The van der Waals surface area contributed by atoms with Gasteiger partial charge in [0.2, 0.25) is 0 Å². The van der Waals surface area contributed by atoms with Crippen LogP contribution in [0.3, 0.4) is 0 Å². The van der Waals surface area contributed by atoms with E-state index in [0.717, 1.165) is 5.13 Å². The van der Waals surface area contributed by atoms with Crippen LogP contribution in [0.5, 0.6) is 5.75 Å². The quantitative estimate of drug-likeness (QED) is 0.827. The number of nitrogens with one attached hydrogen (secondary N) is 1. The molecule has 1 aromatic heterocycles. The van der Waals surface area contributed by atoms with Crippen molar-refractivity contribution in [3.05, 3.63) is 29.4 Å². The molecule has 1 N–H and O–H groups in total. The summed E-state index contributed by atoms with van der Waals surface area (Å²) in [5.41, 5.74) is 0.959. The molecule has 2 aromatic rings. The maximum absolute atomic E-state index is 13.9. The number of rotatable bonds is 6. The first kappa shape index (κ1) is 13.8. The molecule has 19 heavy (non-hydrogen) atoms. The number of hydrogen-bond acceptors (Lipinski definition) is 5. The number of thiazole rings is 1. The summed E-state index contributed by atoms with van der Waals surface area (Å²) >= 11 is 1.42. The van der Waals surface area contributed by atoms with Crippen LogP contribution in [-0.2, 0) is 4.74 Å². The minimum absolute atomic E-state index is 0.340. The summed E-state index contributed by atoms with van der Waals surface area (Å²) in [4.78, 5) is 4.35. The molecule has 0 radical (unpaired) electrons. The SMILES string of the molecule is COCCNc1nc(-c2c(F)cccc2OC)cs1. The van der Waals surface area contributed by atoms with Gasteiger partial charge in [0.1, 0.15) is 11.6 Å². The Morgan fingerprint density at radius 1 is 1.37 bits per heavy atom. The number of methoxy groups -OCH3 is 2. The number of ether oxygens (including phenoxy) is 2. The number of halogens is 1. The molecule has 1 aromatic carbocycles. The maximum Gasteiger partial charge on any atom is 0.183 e. The van der Waals surface area contributed by atoms with Gasteiger partial charge >= 0.3 is 0 Å². The van der Waals surface area contributed by atoms with Crippen molar-refractivity contribution in [2.75, 3.05) is 32.7 Å². The Balaban J connectivity index is 2.23. The molecule has 0 fully saturated rings. The lowest BCUT2D eigenvalue weighted by Gasteiger charge is -2.06. The zero-order chi connectivity index (χ0) is 13.7. The van der Waals surface area contributed by atoms with Crippen LogP contribution in [0.15, 0.2) is 23.6 Å². The van der Waals surface area contributed by atoms with E-state index in [1.807, 2.05) is 0 Å². The molecule has 0 spiro atoms. The molecule has 0 amide bonds. The van der Waals surface area contributed by atoms with Gasteiger partial charge in [0.15, 0.2) is 5.13 Å². The van der Waals surface area contributed by atoms with Gasteiger partial charge in [-0.15, -0.1) is 11.3 Å². The van der Waals surface area contributed by atoms with Gasteiger partial charge in [0.05, 0.1) is 25.0 Å². The van der Waals surface area contributed by atoms with Crippen molar-refractivity contribution < 1.29 is 13.9 Å². The van der Waals surface area contributed by atoms with Crippen molar-refractivity contribution in [1.29, 1.82) is 0 Å². The number of benzene rings is 1. The summed E-state index contributed by atoms with van der Waals surface area (Å²) in [6.07, 6.45) is 0. The fraction of sp³-hybridized carbons (Fsp3) is 0.308. The van der Waals surface area contributed by atoms with Crippen LogP contribution in [0, 0.1) is 5.82 Å². The van der Waals surface area contributed by atoms with Crippen molar-refractivity contribution in [2.24, 2.45) is 0 Å². The predicted molar refractivity (Wildman–Crippen MR) is 74.4 cm³/mol. The number of nitrogens with zero attached hydrogens (tertiary/aromatic N) is 1. The van der Waals surface area contributed by atoms with Crippen molar-refractivity contribution >= 4 is 16.5 Å². The average Bonchev–Trinajstić information content (AvgIpc) is 2.87. The average molecular weight is 282 g/mol. The molecule has 0 aliphatic heterocycles. The van der Waals surface area contributed by atoms with Gasteiger partial charge in [-0.3, -0.25) is 0 Å². The van der Waals surface area contributed by atoms with Gasteiger partial charge in [-0.05, 0) is 12.1 Å². The summed E-state index contributed by atoms with van der Waals surface area (Å²) in [7, 11) is 3.15. The van der Waals surface area contributed by atoms with Crippen molar-refractivity contribution in [3.8, 4) is 17.0 Å². The van der Waals surface area contributed by atoms with E-state index in [1.54, 1.807) is 24.6 Å². The second-order valence-corrected chi connectivity index (χ2v) is 4.63. The first-order chi connectivity index (χ1) is 9.26. The maximum atomic E-state index is 13.9. The van der Waals surface area contributed by atoms with E-state index in [2.05, 4.69) is 10.3 Å². The van der Waals surface area contributed by atoms with E-state index in [0.29, 0.717) is 30.2 Å². The Labute approximate surface area is 115 Å². The highest BCUT2D eigenvalue weighted by Crippen LogP contribution is 2.34. The smallest absolute Gasteiger partial charge is 0.183 e. The van der Waals surface area contributed by atoms with Crippen molar-refractivity contribution in [3.63, 3.8) is 0 Å². The van der Waals surface area contributed by atoms with Crippen LogP contribution >= 0.6 is 11.3 Å². The molecule has 102 valence electrons. The second-order valence-electron chi connectivity index (χ2n) is 3.77. The summed E-state index contributed by atoms with van der Waals surface area (Å²) in [5.74, 6) is 0.141. The Morgan fingerprint density at radius 2 is 2.21 bits per heavy atom. The molecule has 0 unspecified atom stereocenters. The molecule has 6 heteroatoms. The molecule has 1 heterocycles. The number of hydrogen-bond donors (Lipinski definition) is 1. The number of aromatic nitrogens is 1. The lowest BCUT2D eigenvalue weighted by Crippen LogP contribution is -2.07. The molecule has 0 aliphatic carbocycles. The van der Waals surface area contributed by atoms with E-state index in [9.17, 15) is 4.39 Å². The lowest BCUT2D eigenvalue weighted by atomic mass is 10.1. The third kappa shape index (κ3) is 3.21. The first-order valence-corrected chi connectivity index (χ1v) is 6.65. The highest BCUT2D eigenvalue weighted by Gasteiger charge is 2.14. The van der Waals surface area contributed by atoms with Crippen LogP contribution in [0.1, 0.15) is 0 Å². The summed E-state index contributed by atoms with van der Waals surface area (Å²) in [5, 5.41) is 5.65. The minimum Gasteiger partial charge on any atom is -0.496 e. The lowest BCUT2D eigenvalue weighted by molar-refractivity contribution is 0.211. The van der Waals surface area contributed by atoms with Crippen molar-refractivity contribution in [1.82, 2.24) is 4.98 Å². The fourth-order valence-corrected chi connectivity index (χ4v) is 2.38. The summed E-state index contributed by atoms with van der Waals surface area (Å²) in [6, 6.07) is 4.73. The summed E-state index contributed by atoms with van der Waals surface area (Å²) < 4.78 is 24.0. The van der Waals surface area contributed by atoms with Crippen molar-refractivity contribution in [2.45, 2.75) is 0 Å². The van der Waals surface area contributed by atoms with Crippen LogP contribution in [0.2, 0.25) is 0 Å². The molecule has 0 aliphatic rings. The van der Waals surface area contributed by atoms with Gasteiger partial charge < -0.3 is 14.8 Å². The van der Waals surface area contributed by atoms with Gasteiger partial charge in [0.25, 0.3) is 0 Å². The highest BCUT2D eigenvalue weighted by molar-refractivity contribution is 7.14. The van der Waals surface area contributed by atoms with E-state index in [-0.39, 0.29) is 5.82 Å². The Kier molecular flexibility index (Phi) is 4.70. The monoisotopic (exact) mass is 282 g/mol. The fourth-order valence-electron chi connectivity index (χ4n) is 1.65. The predicted octanol–water partition coefficient (Wildman–Crippen LogP) is 3.02. The van der Waals surface area contributed by atoms with Crippen LogP contribution in [0.4, 0.5) is 9.52 Å². The standard InChI is InChI=1S/C13H15FN2O2S/c1-17-7-6-15-13-16-10(8-19-13)12-9(14)4-3-5-11(12)18-2/h3-5,8H,6-7H2,1-2H3,(H,15,16). The Hall–Kier alpha value is -1.66. The highest BCUT2D eigenvalue weighted by atomic mass is 32.1. The van der Waals surface area contributed by atoms with Gasteiger partial charge in [-0.25, -0.2) is 9.37 Å². The Bertz CT molecular complexity index is 545. The molecule has 2 rings (SSSR count). The minimum atomic E-state index is -0.340. The molecular formula is C13H15FN2O2S. The van der Waals surface area contributed by atoms with E-state index in [4.69, 9.17) is 9.47 Å². The molecule has 0 bridgehead atoms. The first-order valence-electron chi connectivity index (χ1n) is 5.77. The molecule has 0 saturated heterocycles. The molecule has 4 nitrogen and oxygen atoms in total. The molecular weight excluding hydrogens is 267 g/mol. The zero-order valence-electron chi connectivity index (χ0n) is 10.8. The second kappa shape index (κ2) is 6.49. The van der Waals surface area contributed by atoms with Gasteiger partial charge in [-0.2, -0.15) is 0 Å². The topological polar surface area (TPSA) is 43.4 Å². The van der Waals surface area contributed by atoms with Gasteiger partial charge in [-0.1, -0.05) is 6.07 Å². The molecule has 0 atom stereocenters. The van der Waals surface area contributed by atoms with Crippen LogP contribution < -0.4 is 10.1 Å². The van der Waals surface area contributed by atoms with Crippen LogP contribution in [0.25, 0.3) is 11.3 Å². The third-order valence-electron chi connectivity index (χ3n) is 2.54. The zero-order valence-corrected chi connectivity index (χ0v) is 11.6. The summed E-state index contributed by atoms with van der Waals surface area (Å²) in [6.45, 7) is 1.26. The van der Waals surface area contributed by atoms with Crippen LogP contribution in [-0.4, -0.2) is 32.4 Å². The number of anilines is 1. The Morgan fingerprint density at radius 3 is 2.95 bits per heavy atom. The molecule has 0 saturated carbocycles. The van der Waals surface area contributed by atoms with E-state index < -0.39 is 0 Å². The normalized spacial score (nSPS) is 10.5. The largest absolute Gasteiger partial charge is 0.496 e. The third-order valence-corrected chi connectivity index (χ3v) is 3.34. The van der Waals surface area contributed by atoms with E-state index in [1.165, 1.54) is 24.5 Å². The van der Waals surface area contributed by atoms with E-state index >= 15 is 0 Å².